The summed E-state index contributed by atoms with van der Waals surface area (Å²) in [7, 11) is 1.63. The summed E-state index contributed by atoms with van der Waals surface area (Å²) in [6.07, 6.45) is 2.01. The number of methoxy groups -OCH3 is 1. The van der Waals surface area contributed by atoms with E-state index in [2.05, 4.69) is 19.2 Å². The van der Waals surface area contributed by atoms with Crippen LogP contribution < -0.4 is 10.1 Å². The van der Waals surface area contributed by atoms with Crippen molar-refractivity contribution in [1.82, 2.24) is 10.2 Å². The van der Waals surface area contributed by atoms with E-state index in [0.29, 0.717) is 43.7 Å². The largest absolute Gasteiger partial charge is 0.497 e. The molecule has 1 saturated heterocycles. The molecule has 0 spiro atoms. The number of benzene rings is 2. The third-order valence-corrected chi connectivity index (χ3v) is 6.84. The molecule has 0 radical (unpaired) electrons. The second-order valence-electron chi connectivity index (χ2n) is 10.2. The lowest BCUT2D eigenvalue weighted by Crippen LogP contribution is -2.46. The van der Waals surface area contributed by atoms with Gasteiger partial charge in [-0.25, -0.2) is 4.79 Å². The van der Waals surface area contributed by atoms with Gasteiger partial charge in [0.2, 0.25) is 0 Å². The number of aliphatic imine (C=N–C) groups is 1. The minimum atomic E-state index is -0.307. The maximum atomic E-state index is 13.2. The lowest BCUT2D eigenvalue weighted by Gasteiger charge is -2.31. The maximum Gasteiger partial charge on any atom is 0.409 e. The van der Waals surface area contributed by atoms with Crippen LogP contribution in [0.1, 0.15) is 71.9 Å². The van der Waals surface area contributed by atoms with E-state index in [9.17, 15) is 14.4 Å². The van der Waals surface area contributed by atoms with Crippen molar-refractivity contribution < 1.29 is 23.9 Å². The van der Waals surface area contributed by atoms with E-state index < -0.39 is 0 Å². The van der Waals surface area contributed by atoms with Gasteiger partial charge in [-0.1, -0.05) is 18.2 Å². The number of likely N-dealkylation sites (tertiary alicyclic amines) is 1. The van der Waals surface area contributed by atoms with E-state index in [4.69, 9.17) is 14.5 Å². The van der Waals surface area contributed by atoms with Crippen molar-refractivity contribution in [2.75, 3.05) is 26.8 Å². The van der Waals surface area contributed by atoms with Gasteiger partial charge in [-0.3, -0.25) is 14.6 Å². The van der Waals surface area contributed by atoms with E-state index in [1.165, 1.54) is 0 Å². The number of amides is 2. The van der Waals surface area contributed by atoms with Crippen LogP contribution in [0.2, 0.25) is 0 Å². The standard InChI is InChI=1S/C29H35N3O5/c1-5-37-28(35)32-14-12-22(13-15-32)30-27(34)20-8-6-19(7-9-20)26(33)17-25-24-16-23(36-4)11-10-21(24)18-29(2,3)31-25/h6-11,16,22H,5,12-15,17-18H2,1-4H3,(H,30,34). The van der Waals surface area contributed by atoms with Crippen molar-refractivity contribution >= 4 is 23.5 Å². The van der Waals surface area contributed by atoms with E-state index >= 15 is 0 Å². The highest BCUT2D eigenvalue weighted by atomic mass is 16.6. The van der Waals surface area contributed by atoms with E-state index in [1.807, 2.05) is 18.2 Å². The molecule has 37 heavy (non-hydrogen) atoms. The molecule has 2 aromatic rings. The Morgan fingerprint density at radius 3 is 2.38 bits per heavy atom. The molecule has 196 valence electrons. The summed E-state index contributed by atoms with van der Waals surface area (Å²) in [5, 5.41) is 3.04. The summed E-state index contributed by atoms with van der Waals surface area (Å²) >= 11 is 0. The van der Waals surface area contributed by atoms with Crippen LogP contribution in [0.3, 0.4) is 0 Å². The molecule has 0 aromatic heterocycles. The molecule has 1 N–H and O–H groups in total. The highest BCUT2D eigenvalue weighted by Gasteiger charge is 2.29. The number of Topliss-reactive ketones (excluding diaryl/α,β-unsaturated/α-hetero) is 1. The molecule has 0 unspecified atom stereocenters. The van der Waals surface area contributed by atoms with E-state index in [-0.39, 0.29) is 35.8 Å². The molecule has 0 saturated carbocycles. The molecule has 2 aliphatic heterocycles. The molecular weight excluding hydrogens is 470 g/mol. The molecule has 2 heterocycles. The monoisotopic (exact) mass is 505 g/mol. The van der Waals surface area contributed by atoms with Gasteiger partial charge in [0.25, 0.3) is 5.91 Å². The second kappa shape index (κ2) is 11.2. The topological polar surface area (TPSA) is 97.3 Å². The summed E-state index contributed by atoms with van der Waals surface area (Å²) < 4.78 is 10.4. The third kappa shape index (κ3) is 6.37. The molecule has 8 nitrogen and oxygen atoms in total. The van der Waals surface area contributed by atoms with Crippen molar-refractivity contribution in [3.05, 3.63) is 64.7 Å². The number of nitrogens with zero attached hydrogens (tertiary/aromatic N) is 2. The van der Waals surface area contributed by atoms with Gasteiger partial charge >= 0.3 is 6.09 Å². The average molecular weight is 506 g/mol. The molecule has 2 aliphatic rings. The normalized spacial score (nSPS) is 16.9. The number of hydrogen-bond acceptors (Lipinski definition) is 6. The number of hydrogen-bond donors (Lipinski definition) is 1. The molecule has 0 bridgehead atoms. The van der Waals surface area contributed by atoms with Crippen molar-refractivity contribution in [2.24, 2.45) is 4.99 Å². The van der Waals surface area contributed by atoms with Crippen LogP contribution in [0.25, 0.3) is 0 Å². The second-order valence-corrected chi connectivity index (χ2v) is 10.2. The summed E-state index contributed by atoms with van der Waals surface area (Å²) in [4.78, 5) is 44.3. The zero-order valence-corrected chi connectivity index (χ0v) is 22.0. The maximum absolute atomic E-state index is 13.2. The summed E-state index contributed by atoms with van der Waals surface area (Å²) in [5.74, 6) is 0.497. The van der Waals surface area contributed by atoms with Crippen LogP contribution in [-0.4, -0.2) is 66.8 Å². The van der Waals surface area contributed by atoms with Crippen LogP contribution in [0.4, 0.5) is 4.79 Å². The smallest absolute Gasteiger partial charge is 0.409 e. The number of carbonyl (C=O) groups is 3. The van der Waals surface area contributed by atoms with Gasteiger partial charge in [0.1, 0.15) is 5.75 Å². The summed E-state index contributed by atoms with van der Waals surface area (Å²) in [6.45, 7) is 7.37. The number of carbonyl (C=O) groups excluding carboxylic acids is 3. The van der Waals surface area contributed by atoms with Crippen LogP contribution in [-0.2, 0) is 11.2 Å². The minimum absolute atomic E-state index is 0.00999. The third-order valence-electron chi connectivity index (χ3n) is 6.84. The first-order valence-electron chi connectivity index (χ1n) is 12.8. The molecule has 1 fully saturated rings. The zero-order chi connectivity index (χ0) is 26.6. The molecule has 8 heteroatoms. The van der Waals surface area contributed by atoms with E-state index in [1.54, 1.807) is 43.2 Å². The fourth-order valence-electron chi connectivity index (χ4n) is 4.92. The van der Waals surface area contributed by atoms with Crippen molar-refractivity contribution in [2.45, 2.75) is 58.0 Å². The van der Waals surface area contributed by atoms with Crippen LogP contribution in [0, 0.1) is 0 Å². The Hall–Kier alpha value is -3.68. The van der Waals surface area contributed by atoms with Gasteiger partial charge in [0.15, 0.2) is 5.78 Å². The first kappa shape index (κ1) is 26.4. The Kier molecular flexibility index (Phi) is 7.95. The highest BCUT2D eigenvalue weighted by Crippen LogP contribution is 2.31. The predicted octanol–water partition coefficient (Wildman–Crippen LogP) is 4.44. The number of nitrogens with one attached hydrogen (secondary N) is 1. The lowest BCUT2D eigenvalue weighted by atomic mass is 9.85. The number of ketones is 1. The van der Waals surface area contributed by atoms with E-state index in [0.717, 1.165) is 29.0 Å². The first-order valence-corrected chi connectivity index (χ1v) is 12.8. The van der Waals surface area contributed by atoms with Gasteiger partial charge in [0.05, 0.1) is 31.4 Å². The summed E-state index contributed by atoms with van der Waals surface area (Å²) in [6, 6.07) is 12.7. The summed E-state index contributed by atoms with van der Waals surface area (Å²) in [5.41, 5.74) is 3.61. The molecule has 2 aromatic carbocycles. The number of fused-ring (bicyclic) bond motifs is 1. The van der Waals surface area contributed by atoms with Gasteiger partial charge < -0.3 is 19.7 Å². The molecule has 0 atom stereocenters. The Morgan fingerprint density at radius 1 is 1.05 bits per heavy atom. The fourth-order valence-corrected chi connectivity index (χ4v) is 4.92. The van der Waals surface area contributed by atoms with Gasteiger partial charge in [-0.2, -0.15) is 0 Å². The Morgan fingerprint density at radius 2 is 1.73 bits per heavy atom. The number of rotatable bonds is 7. The first-order chi connectivity index (χ1) is 17.7. The Bertz CT molecular complexity index is 1190. The predicted molar refractivity (Wildman–Crippen MR) is 142 cm³/mol. The number of piperidine rings is 1. The van der Waals surface area contributed by atoms with Crippen molar-refractivity contribution in [1.29, 1.82) is 0 Å². The molecule has 0 aliphatic carbocycles. The molecular formula is C29H35N3O5. The Balaban J connectivity index is 1.38. The molecule has 4 rings (SSSR count). The fraction of sp³-hybridized carbons (Fsp3) is 0.448. The average Bonchev–Trinajstić information content (AvgIpc) is 2.88. The Labute approximate surface area is 218 Å². The minimum Gasteiger partial charge on any atom is -0.497 e. The van der Waals surface area contributed by atoms with Gasteiger partial charge in [-0.15, -0.1) is 0 Å². The van der Waals surface area contributed by atoms with Gasteiger partial charge in [-0.05, 0) is 69.9 Å². The number of ether oxygens (including phenoxy) is 2. The lowest BCUT2D eigenvalue weighted by molar-refractivity contribution is 0.0858. The highest BCUT2D eigenvalue weighted by molar-refractivity contribution is 6.17. The SMILES string of the molecule is CCOC(=O)N1CCC(NC(=O)c2ccc(C(=O)CC3=NC(C)(C)Cc4ccc(OC)cc43)cc2)CC1. The van der Waals surface area contributed by atoms with Crippen LogP contribution in [0.5, 0.6) is 5.75 Å². The van der Waals surface area contributed by atoms with Gasteiger partial charge in [0, 0.05) is 35.8 Å². The molecule has 2 amide bonds. The quantitative estimate of drug-likeness (QED) is 0.561. The van der Waals surface area contributed by atoms with Crippen molar-refractivity contribution in [3.63, 3.8) is 0 Å². The zero-order valence-electron chi connectivity index (χ0n) is 22.0. The van der Waals surface area contributed by atoms with Crippen LogP contribution in [0.15, 0.2) is 47.5 Å². The van der Waals surface area contributed by atoms with Crippen molar-refractivity contribution in [3.8, 4) is 5.75 Å². The van der Waals surface area contributed by atoms with Crippen LogP contribution >= 0.6 is 0 Å².